The van der Waals surface area contributed by atoms with Crippen LogP contribution in [0.4, 0.5) is 4.79 Å². The number of amides is 1. The number of rotatable bonds is 11. The highest BCUT2D eigenvalue weighted by Gasteiger charge is 2.31. The van der Waals surface area contributed by atoms with E-state index in [1.54, 1.807) is 27.7 Å². The molecule has 8 heteroatoms. The Kier molecular flexibility index (Phi) is 10.7. The lowest BCUT2D eigenvalue weighted by molar-refractivity contribution is -0.160. The predicted molar refractivity (Wildman–Crippen MR) is 133 cm³/mol. The summed E-state index contributed by atoms with van der Waals surface area (Å²) in [6, 6.07) is 17.3. The summed E-state index contributed by atoms with van der Waals surface area (Å²) in [5, 5.41) is 3.14. The molecule has 35 heavy (non-hydrogen) atoms. The molecular weight excluding hydrogens is 448 g/mol. The highest BCUT2D eigenvalue weighted by atomic mass is 16.6. The van der Waals surface area contributed by atoms with Crippen LogP contribution in [0.25, 0.3) is 0 Å². The van der Waals surface area contributed by atoms with E-state index in [2.05, 4.69) is 5.32 Å². The molecular formula is C27H36N2O6. The zero-order chi connectivity index (χ0) is 25.8. The first-order valence-corrected chi connectivity index (χ1v) is 11.7. The molecule has 0 heterocycles. The van der Waals surface area contributed by atoms with Crippen molar-refractivity contribution >= 4 is 18.0 Å². The second-order valence-electron chi connectivity index (χ2n) is 9.16. The van der Waals surface area contributed by atoms with Crippen LogP contribution < -0.4 is 5.32 Å². The molecule has 0 fully saturated rings. The summed E-state index contributed by atoms with van der Waals surface area (Å²) in [4.78, 5) is 39.3. The van der Waals surface area contributed by atoms with Crippen molar-refractivity contribution in [2.45, 2.75) is 58.4 Å². The molecule has 190 valence electrons. The fourth-order valence-electron chi connectivity index (χ4n) is 3.35. The van der Waals surface area contributed by atoms with Gasteiger partial charge in [0.05, 0.1) is 7.11 Å². The number of esters is 2. The van der Waals surface area contributed by atoms with E-state index in [1.807, 2.05) is 60.7 Å². The van der Waals surface area contributed by atoms with Gasteiger partial charge in [0.1, 0.15) is 24.3 Å². The fraction of sp³-hybridized carbons (Fsp3) is 0.444. The molecule has 1 amide bonds. The molecule has 0 bridgehead atoms. The minimum absolute atomic E-state index is 0.0729. The van der Waals surface area contributed by atoms with Gasteiger partial charge in [-0.2, -0.15) is 0 Å². The second-order valence-corrected chi connectivity index (χ2v) is 9.16. The lowest BCUT2D eigenvalue weighted by Crippen LogP contribution is -2.50. The Bertz CT molecular complexity index is 943. The molecule has 0 aromatic heterocycles. The molecule has 0 saturated heterocycles. The van der Waals surface area contributed by atoms with Crippen molar-refractivity contribution in [3.05, 3.63) is 71.8 Å². The highest BCUT2D eigenvalue weighted by Crippen LogP contribution is 2.13. The first-order valence-electron chi connectivity index (χ1n) is 11.7. The van der Waals surface area contributed by atoms with Gasteiger partial charge in [-0.05, 0) is 45.2 Å². The third kappa shape index (κ3) is 9.78. The normalized spacial score (nSPS) is 12.8. The van der Waals surface area contributed by atoms with Crippen LogP contribution in [0.2, 0.25) is 0 Å². The maximum absolute atomic E-state index is 13.0. The minimum Gasteiger partial charge on any atom is -0.468 e. The van der Waals surface area contributed by atoms with Gasteiger partial charge in [-0.25, -0.2) is 9.59 Å². The van der Waals surface area contributed by atoms with Crippen LogP contribution in [-0.2, 0) is 36.8 Å². The summed E-state index contributed by atoms with van der Waals surface area (Å²) in [6.45, 7) is 7.32. The molecule has 8 nitrogen and oxygen atoms in total. The number of hydrogen-bond acceptors (Lipinski definition) is 7. The van der Waals surface area contributed by atoms with Gasteiger partial charge < -0.3 is 19.5 Å². The maximum Gasteiger partial charge on any atom is 0.410 e. The van der Waals surface area contributed by atoms with E-state index < -0.39 is 35.7 Å². The molecule has 0 aliphatic rings. The first kappa shape index (κ1) is 27.9. The SMILES string of the molecule is COC(=O)[C@H](Cc1ccccc1)NCCN(C(=O)OCc1ccccc1)[C@H](C)C(=O)OC(C)(C)C. The molecule has 0 saturated carbocycles. The lowest BCUT2D eigenvalue weighted by Gasteiger charge is -2.30. The average molecular weight is 485 g/mol. The second kappa shape index (κ2) is 13.5. The van der Waals surface area contributed by atoms with Gasteiger partial charge >= 0.3 is 18.0 Å². The van der Waals surface area contributed by atoms with Crippen LogP contribution in [0.1, 0.15) is 38.8 Å². The van der Waals surface area contributed by atoms with Crippen LogP contribution >= 0.6 is 0 Å². The Labute approximate surface area is 207 Å². The van der Waals surface area contributed by atoms with Crippen molar-refractivity contribution in [1.29, 1.82) is 0 Å². The number of nitrogens with one attached hydrogen (secondary N) is 1. The monoisotopic (exact) mass is 484 g/mol. The molecule has 2 aromatic rings. The van der Waals surface area contributed by atoms with Gasteiger partial charge in [0.15, 0.2) is 0 Å². The van der Waals surface area contributed by atoms with Crippen molar-refractivity contribution in [2.75, 3.05) is 20.2 Å². The zero-order valence-electron chi connectivity index (χ0n) is 21.2. The van der Waals surface area contributed by atoms with Gasteiger partial charge in [0, 0.05) is 13.1 Å². The van der Waals surface area contributed by atoms with E-state index in [9.17, 15) is 14.4 Å². The van der Waals surface area contributed by atoms with Gasteiger partial charge in [-0.15, -0.1) is 0 Å². The Hall–Kier alpha value is -3.39. The molecule has 0 unspecified atom stereocenters. The van der Waals surface area contributed by atoms with Gasteiger partial charge in [-0.3, -0.25) is 9.69 Å². The highest BCUT2D eigenvalue weighted by molar-refractivity contribution is 5.81. The largest absolute Gasteiger partial charge is 0.468 e. The predicted octanol–water partition coefficient (Wildman–Crippen LogP) is 3.73. The van der Waals surface area contributed by atoms with Crippen molar-refractivity contribution in [2.24, 2.45) is 0 Å². The van der Waals surface area contributed by atoms with E-state index in [4.69, 9.17) is 14.2 Å². The van der Waals surface area contributed by atoms with Crippen molar-refractivity contribution < 1.29 is 28.6 Å². The summed E-state index contributed by atoms with van der Waals surface area (Å²) >= 11 is 0. The molecule has 0 radical (unpaired) electrons. The topological polar surface area (TPSA) is 94.2 Å². The number of carbonyl (C=O) groups is 3. The van der Waals surface area contributed by atoms with Crippen molar-refractivity contribution in [1.82, 2.24) is 10.2 Å². The number of methoxy groups -OCH3 is 1. The quantitative estimate of drug-likeness (QED) is 0.384. The van der Waals surface area contributed by atoms with Crippen LogP contribution in [-0.4, -0.2) is 60.8 Å². The summed E-state index contributed by atoms with van der Waals surface area (Å²) in [6.07, 6.45) is -0.222. The van der Waals surface area contributed by atoms with Crippen LogP contribution in [0.3, 0.4) is 0 Å². The van der Waals surface area contributed by atoms with Crippen LogP contribution in [0.5, 0.6) is 0 Å². The molecule has 0 spiro atoms. The number of carbonyl (C=O) groups excluding carboxylic acids is 3. The molecule has 2 aromatic carbocycles. The average Bonchev–Trinajstić information content (AvgIpc) is 2.83. The third-order valence-corrected chi connectivity index (χ3v) is 5.17. The summed E-state index contributed by atoms with van der Waals surface area (Å²) in [5.41, 5.74) is 1.10. The standard InChI is InChI=1S/C27H36N2O6/c1-20(24(30)35-27(2,3)4)29(26(32)34-19-22-14-10-7-11-15-22)17-16-28-23(25(31)33-5)18-21-12-8-6-9-13-21/h6-15,20,23,28H,16-19H2,1-5H3/t20-,23+/m1/s1. The fourth-order valence-corrected chi connectivity index (χ4v) is 3.35. The summed E-state index contributed by atoms with van der Waals surface area (Å²) in [5.74, 6) is -0.949. The molecule has 2 rings (SSSR count). The minimum atomic E-state index is -0.884. The van der Waals surface area contributed by atoms with E-state index >= 15 is 0 Å². The van der Waals surface area contributed by atoms with Crippen molar-refractivity contribution in [3.63, 3.8) is 0 Å². The smallest absolute Gasteiger partial charge is 0.410 e. The lowest BCUT2D eigenvalue weighted by atomic mass is 10.1. The van der Waals surface area contributed by atoms with Crippen LogP contribution in [0, 0.1) is 0 Å². The molecule has 1 N–H and O–H groups in total. The maximum atomic E-state index is 13.0. The zero-order valence-corrected chi connectivity index (χ0v) is 21.2. The number of nitrogens with zero attached hydrogens (tertiary/aromatic N) is 1. The summed E-state index contributed by atoms with van der Waals surface area (Å²) in [7, 11) is 1.33. The first-order chi connectivity index (χ1) is 16.6. The Morgan fingerprint density at radius 1 is 0.914 bits per heavy atom. The van der Waals surface area contributed by atoms with Gasteiger partial charge in [0.2, 0.25) is 0 Å². The number of hydrogen-bond donors (Lipinski definition) is 1. The molecule has 2 atom stereocenters. The number of ether oxygens (including phenoxy) is 3. The Balaban J connectivity index is 2.08. The van der Waals surface area contributed by atoms with E-state index in [-0.39, 0.29) is 19.7 Å². The van der Waals surface area contributed by atoms with E-state index in [0.29, 0.717) is 6.42 Å². The Morgan fingerprint density at radius 2 is 1.49 bits per heavy atom. The van der Waals surface area contributed by atoms with E-state index in [1.165, 1.54) is 12.0 Å². The van der Waals surface area contributed by atoms with E-state index in [0.717, 1.165) is 11.1 Å². The van der Waals surface area contributed by atoms with Gasteiger partial charge in [-0.1, -0.05) is 60.7 Å². The Morgan fingerprint density at radius 3 is 2.03 bits per heavy atom. The molecule has 0 aliphatic heterocycles. The van der Waals surface area contributed by atoms with Crippen molar-refractivity contribution in [3.8, 4) is 0 Å². The van der Waals surface area contributed by atoms with Gasteiger partial charge in [0.25, 0.3) is 0 Å². The number of benzene rings is 2. The third-order valence-electron chi connectivity index (χ3n) is 5.17. The van der Waals surface area contributed by atoms with Crippen LogP contribution in [0.15, 0.2) is 60.7 Å². The summed E-state index contributed by atoms with van der Waals surface area (Å²) < 4.78 is 15.9. The molecule has 0 aliphatic carbocycles.